The van der Waals surface area contributed by atoms with E-state index < -0.39 is 5.97 Å². The summed E-state index contributed by atoms with van der Waals surface area (Å²) in [6.07, 6.45) is 2.47. The zero-order chi connectivity index (χ0) is 13.8. The van der Waals surface area contributed by atoms with Crippen molar-refractivity contribution in [3.63, 3.8) is 0 Å². The third-order valence-corrected chi connectivity index (χ3v) is 3.48. The molecule has 5 heteroatoms. The van der Waals surface area contributed by atoms with Gasteiger partial charge in [0.05, 0.1) is 5.56 Å². The molecule has 1 fully saturated rings. The van der Waals surface area contributed by atoms with Crippen LogP contribution < -0.4 is 11.1 Å². The maximum absolute atomic E-state index is 11.9. The van der Waals surface area contributed by atoms with Gasteiger partial charge in [0.1, 0.15) is 0 Å². The van der Waals surface area contributed by atoms with Gasteiger partial charge in [-0.05, 0) is 37.0 Å². The Labute approximate surface area is 111 Å². The van der Waals surface area contributed by atoms with Crippen LogP contribution in [0.3, 0.4) is 0 Å². The van der Waals surface area contributed by atoms with Gasteiger partial charge in [0.15, 0.2) is 0 Å². The number of hydrogen-bond acceptors (Lipinski definition) is 3. The Morgan fingerprint density at radius 2 is 2.16 bits per heavy atom. The number of aromatic carboxylic acids is 1. The molecular weight excluding hydrogens is 244 g/mol. The third kappa shape index (κ3) is 3.54. The molecule has 1 amide bonds. The Balaban J connectivity index is 1.90. The van der Waals surface area contributed by atoms with E-state index in [1.165, 1.54) is 6.07 Å². The second kappa shape index (κ2) is 5.84. The molecule has 102 valence electrons. The Bertz CT molecular complexity index is 487. The van der Waals surface area contributed by atoms with E-state index in [1.807, 2.05) is 0 Å². The molecular formula is C14H18N2O3. The molecule has 2 unspecified atom stereocenters. The molecule has 1 aromatic carbocycles. The summed E-state index contributed by atoms with van der Waals surface area (Å²) in [7, 11) is 0. The average molecular weight is 262 g/mol. The summed E-state index contributed by atoms with van der Waals surface area (Å²) in [5, 5.41) is 11.7. The zero-order valence-electron chi connectivity index (χ0n) is 10.6. The summed E-state index contributed by atoms with van der Waals surface area (Å²) in [5.41, 5.74) is 6.80. The van der Waals surface area contributed by atoms with E-state index in [4.69, 9.17) is 10.8 Å². The number of carboxylic acids is 1. The van der Waals surface area contributed by atoms with Gasteiger partial charge in [0, 0.05) is 18.5 Å². The first-order chi connectivity index (χ1) is 9.06. The first-order valence-corrected chi connectivity index (χ1v) is 6.42. The fourth-order valence-corrected chi connectivity index (χ4v) is 2.40. The number of carbonyl (C=O) groups excluding carboxylic acids is 1. The fraction of sp³-hybridized carbons (Fsp3) is 0.429. The first kappa shape index (κ1) is 13.5. The standard InChI is InChI=1S/C14H18N2O3/c15-12-5-4-10(7-12)13(17)16-8-9-2-1-3-11(6-9)14(18)19/h1-3,6,10,12H,4-5,7-8,15H2,(H,16,17)(H,18,19). The number of rotatable bonds is 4. The normalized spacial score (nSPS) is 22.2. The quantitative estimate of drug-likeness (QED) is 0.758. The van der Waals surface area contributed by atoms with Gasteiger partial charge in [-0.2, -0.15) is 0 Å². The van der Waals surface area contributed by atoms with Crippen LogP contribution in [0.2, 0.25) is 0 Å². The minimum atomic E-state index is -0.963. The number of benzene rings is 1. The lowest BCUT2D eigenvalue weighted by Crippen LogP contribution is -2.30. The number of amides is 1. The summed E-state index contributed by atoms with van der Waals surface area (Å²) in [6.45, 7) is 0.353. The molecule has 0 aliphatic heterocycles. The highest BCUT2D eigenvalue weighted by molar-refractivity contribution is 5.87. The van der Waals surface area contributed by atoms with E-state index in [2.05, 4.69) is 5.32 Å². The lowest BCUT2D eigenvalue weighted by atomic mass is 10.1. The highest BCUT2D eigenvalue weighted by Gasteiger charge is 2.27. The van der Waals surface area contributed by atoms with Gasteiger partial charge in [-0.1, -0.05) is 12.1 Å². The van der Waals surface area contributed by atoms with E-state index >= 15 is 0 Å². The van der Waals surface area contributed by atoms with Crippen LogP contribution in [0.4, 0.5) is 0 Å². The van der Waals surface area contributed by atoms with Crippen LogP contribution >= 0.6 is 0 Å². The van der Waals surface area contributed by atoms with Gasteiger partial charge in [-0.3, -0.25) is 4.79 Å². The molecule has 5 nitrogen and oxygen atoms in total. The fourth-order valence-electron chi connectivity index (χ4n) is 2.40. The van der Waals surface area contributed by atoms with E-state index in [0.717, 1.165) is 24.8 Å². The molecule has 0 saturated heterocycles. The monoisotopic (exact) mass is 262 g/mol. The van der Waals surface area contributed by atoms with E-state index in [-0.39, 0.29) is 23.4 Å². The molecule has 1 aromatic rings. The van der Waals surface area contributed by atoms with Gasteiger partial charge >= 0.3 is 5.97 Å². The lowest BCUT2D eigenvalue weighted by Gasteiger charge is -2.11. The summed E-state index contributed by atoms with van der Waals surface area (Å²) >= 11 is 0. The molecule has 19 heavy (non-hydrogen) atoms. The number of nitrogens with two attached hydrogens (primary N) is 1. The number of carbonyl (C=O) groups is 2. The summed E-state index contributed by atoms with van der Waals surface area (Å²) in [6, 6.07) is 6.71. The predicted octanol–water partition coefficient (Wildman–Crippen LogP) is 1.13. The zero-order valence-corrected chi connectivity index (χ0v) is 10.6. The van der Waals surface area contributed by atoms with E-state index in [9.17, 15) is 9.59 Å². The number of hydrogen-bond donors (Lipinski definition) is 3. The Kier molecular flexibility index (Phi) is 4.16. The highest BCUT2D eigenvalue weighted by Crippen LogP contribution is 2.24. The average Bonchev–Trinajstić information content (AvgIpc) is 2.83. The smallest absolute Gasteiger partial charge is 0.335 e. The van der Waals surface area contributed by atoms with Gasteiger partial charge in [-0.15, -0.1) is 0 Å². The second-order valence-corrected chi connectivity index (χ2v) is 4.99. The maximum Gasteiger partial charge on any atom is 0.335 e. The second-order valence-electron chi connectivity index (χ2n) is 4.99. The van der Waals surface area contributed by atoms with Crippen molar-refractivity contribution in [1.29, 1.82) is 0 Å². The van der Waals surface area contributed by atoms with Crippen molar-refractivity contribution in [2.75, 3.05) is 0 Å². The molecule has 1 saturated carbocycles. The van der Waals surface area contributed by atoms with Gasteiger partial charge in [0.25, 0.3) is 0 Å². The van der Waals surface area contributed by atoms with Crippen molar-refractivity contribution in [2.45, 2.75) is 31.8 Å². The van der Waals surface area contributed by atoms with Crippen LogP contribution in [0.1, 0.15) is 35.2 Å². The SMILES string of the molecule is NC1CCC(C(=O)NCc2cccc(C(=O)O)c2)C1. The van der Waals surface area contributed by atoms with Gasteiger partial charge < -0.3 is 16.2 Å². The summed E-state index contributed by atoms with van der Waals surface area (Å²) in [4.78, 5) is 22.7. The van der Waals surface area contributed by atoms with Crippen molar-refractivity contribution in [1.82, 2.24) is 5.32 Å². The van der Waals surface area contributed by atoms with Gasteiger partial charge in [-0.25, -0.2) is 4.79 Å². The molecule has 1 aliphatic carbocycles. The number of nitrogens with one attached hydrogen (secondary N) is 1. The highest BCUT2D eigenvalue weighted by atomic mass is 16.4. The predicted molar refractivity (Wildman–Crippen MR) is 70.6 cm³/mol. The topological polar surface area (TPSA) is 92.4 Å². The summed E-state index contributed by atoms with van der Waals surface area (Å²) < 4.78 is 0. The van der Waals surface area contributed by atoms with Crippen LogP contribution in [0.15, 0.2) is 24.3 Å². The third-order valence-electron chi connectivity index (χ3n) is 3.48. The molecule has 2 rings (SSSR count). The van der Waals surface area contributed by atoms with Crippen molar-refractivity contribution < 1.29 is 14.7 Å². The molecule has 2 atom stereocenters. The molecule has 1 aliphatic rings. The summed E-state index contributed by atoms with van der Waals surface area (Å²) in [5.74, 6) is -0.957. The lowest BCUT2D eigenvalue weighted by molar-refractivity contribution is -0.125. The molecule has 0 bridgehead atoms. The number of carboxylic acid groups (broad SMARTS) is 1. The van der Waals surface area contributed by atoms with Crippen LogP contribution in [-0.2, 0) is 11.3 Å². The van der Waals surface area contributed by atoms with Crippen LogP contribution in [0.5, 0.6) is 0 Å². The maximum atomic E-state index is 11.9. The van der Waals surface area contributed by atoms with Crippen LogP contribution in [-0.4, -0.2) is 23.0 Å². The molecule has 0 heterocycles. The first-order valence-electron chi connectivity index (χ1n) is 6.42. The largest absolute Gasteiger partial charge is 0.478 e. The van der Waals surface area contributed by atoms with Crippen molar-refractivity contribution in [3.05, 3.63) is 35.4 Å². The Hall–Kier alpha value is -1.88. The van der Waals surface area contributed by atoms with Crippen LogP contribution in [0.25, 0.3) is 0 Å². The molecule has 0 radical (unpaired) electrons. The minimum Gasteiger partial charge on any atom is -0.478 e. The van der Waals surface area contributed by atoms with E-state index in [1.54, 1.807) is 18.2 Å². The van der Waals surface area contributed by atoms with Crippen LogP contribution in [0, 0.1) is 5.92 Å². The minimum absolute atomic E-state index is 0.00217. The van der Waals surface area contributed by atoms with Crippen molar-refractivity contribution in [2.24, 2.45) is 11.7 Å². The Morgan fingerprint density at radius 1 is 1.37 bits per heavy atom. The molecule has 4 N–H and O–H groups in total. The van der Waals surface area contributed by atoms with Gasteiger partial charge in [0.2, 0.25) is 5.91 Å². The van der Waals surface area contributed by atoms with Crippen molar-refractivity contribution >= 4 is 11.9 Å². The molecule has 0 spiro atoms. The van der Waals surface area contributed by atoms with Crippen molar-refractivity contribution in [3.8, 4) is 0 Å². The Morgan fingerprint density at radius 3 is 2.79 bits per heavy atom. The van der Waals surface area contributed by atoms with E-state index in [0.29, 0.717) is 6.54 Å². The molecule has 0 aromatic heterocycles.